The van der Waals surface area contributed by atoms with Crippen molar-refractivity contribution in [2.75, 3.05) is 12.4 Å². The second-order valence-corrected chi connectivity index (χ2v) is 6.12. The quantitative estimate of drug-likeness (QED) is 0.835. The van der Waals surface area contributed by atoms with Gasteiger partial charge in [-0.15, -0.1) is 11.8 Å². The molecule has 0 bridgehead atoms. The Morgan fingerprint density at radius 1 is 1.15 bits per heavy atom. The van der Waals surface area contributed by atoms with E-state index >= 15 is 0 Å². The van der Waals surface area contributed by atoms with Gasteiger partial charge in [-0.25, -0.2) is 9.97 Å². The minimum absolute atomic E-state index is 0.576. The fourth-order valence-corrected chi connectivity index (χ4v) is 2.67. The molecule has 0 radical (unpaired) electrons. The summed E-state index contributed by atoms with van der Waals surface area (Å²) < 4.78 is 0. The van der Waals surface area contributed by atoms with E-state index in [2.05, 4.69) is 53.4 Å². The van der Waals surface area contributed by atoms with Crippen LogP contribution >= 0.6 is 11.8 Å². The van der Waals surface area contributed by atoms with Gasteiger partial charge in [0.05, 0.1) is 5.75 Å². The lowest BCUT2D eigenvalue weighted by Gasteiger charge is -2.07. The van der Waals surface area contributed by atoms with E-state index in [9.17, 15) is 0 Å². The van der Waals surface area contributed by atoms with Gasteiger partial charge in [-0.2, -0.15) is 0 Å². The Morgan fingerprint density at radius 2 is 1.85 bits per heavy atom. The maximum Gasteiger partial charge on any atom is 0.141 e. The van der Waals surface area contributed by atoms with Crippen LogP contribution in [0.2, 0.25) is 0 Å². The molecule has 1 N–H and O–H groups in total. The second-order valence-electron chi connectivity index (χ2n) is 5.07. The van der Waals surface area contributed by atoms with Crippen LogP contribution in [-0.2, 0) is 5.75 Å². The summed E-state index contributed by atoms with van der Waals surface area (Å²) in [4.78, 5) is 10.2. The molecule has 0 saturated heterocycles. The monoisotopic (exact) mass is 287 g/mol. The summed E-state index contributed by atoms with van der Waals surface area (Å²) >= 11 is 1.77. The largest absolute Gasteiger partial charge is 0.373 e. The summed E-state index contributed by atoms with van der Waals surface area (Å²) in [5.41, 5.74) is 2.37. The van der Waals surface area contributed by atoms with Crippen LogP contribution in [0.5, 0.6) is 0 Å². The minimum atomic E-state index is 0.576. The van der Waals surface area contributed by atoms with E-state index in [4.69, 9.17) is 0 Å². The molecule has 0 saturated carbocycles. The normalized spacial score (nSPS) is 10.8. The molecule has 4 heteroatoms. The Morgan fingerprint density at radius 3 is 2.45 bits per heavy atom. The number of aryl methyl sites for hydroxylation is 1. The van der Waals surface area contributed by atoms with Gasteiger partial charge in [0, 0.05) is 23.7 Å². The zero-order chi connectivity index (χ0) is 14.5. The third-order valence-electron chi connectivity index (χ3n) is 3.07. The number of benzene rings is 1. The molecular formula is C16H21N3S. The van der Waals surface area contributed by atoms with Crippen molar-refractivity contribution in [1.82, 2.24) is 9.97 Å². The number of aromatic nitrogens is 2. The van der Waals surface area contributed by atoms with Gasteiger partial charge < -0.3 is 5.32 Å². The van der Waals surface area contributed by atoms with Gasteiger partial charge in [0.1, 0.15) is 11.6 Å². The average Bonchev–Trinajstić information content (AvgIpc) is 2.45. The summed E-state index contributed by atoms with van der Waals surface area (Å²) in [6, 6.07) is 10.7. The van der Waals surface area contributed by atoms with Crippen LogP contribution in [-0.4, -0.2) is 17.0 Å². The average molecular weight is 287 g/mol. The Labute approximate surface area is 125 Å². The molecule has 2 rings (SSSR count). The van der Waals surface area contributed by atoms with Crippen molar-refractivity contribution in [2.24, 2.45) is 0 Å². The van der Waals surface area contributed by atoms with Gasteiger partial charge in [0.25, 0.3) is 0 Å². The lowest BCUT2D eigenvalue weighted by Crippen LogP contribution is -2.00. The predicted molar refractivity (Wildman–Crippen MR) is 86.4 cm³/mol. The van der Waals surface area contributed by atoms with Crippen LogP contribution in [0.3, 0.4) is 0 Å². The van der Waals surface area contributed by atoms with E-state index in [1.165, 1.54) is 10.5 Å². The highest BCUT2D eigenvalue weighted by atomic mass is 32.2. The van der Waals surface area contributed by atoms with Crippen molar-refractivity contribution in [3.8, 4) is 0 Å². The number of nitrogens with zero attached hydrogens (tertiary/aromatic N) is 2. The molecule has 1 aromatic carbocycles. The molecule has 0 aliphatic heterocycles. The Kier molecular flexibility index (Phi) is 5.01. The molecule has 106 valence electrons. The number of anilines is 1. The van der Waals surface area contributed by atoms with Crippen LogP contribution in [0.15, 0.2) is 35.2 Å². The second kappa shape index (κ2) is 6.75. The lowest BCUT2D eigenvalue weighted by molar-refractivity contribution is 0.865. The van der Waals surface area contributed by atoms with Crippen molar-refractivity contribution < 1.29 is 0 Å². The molecule has 0 amide bonds. The summed E-state index contributed by atoms with van der Waals surface area (Å²) in [6.45, 7) is 6.41. The number of nitrogens with one attached hydrogen (secondary N) is 1. The molecule has 0 unspecified atom stereocenters. The number of hydrogen-bond donors (Lipinski definition) is 1. The van der Waals surface area contributed by atoms with E-state index < -0.39 is 0 Å². The van der Waals surface area contributed by atoms with Crippen LogP contribution in [0.4, 0.5) is 5.82 Å². The molecule has 20 heavy (non-hydrogen) atoms. The molecule has 3 nitrogen and oxygen atoms in total. The van der Waals surface area contributed by atoms with Gasteiger partial charge in [-0.1, -0.05) is 26.0 Å². The molecule has 0 spiro atoms. The van der Waals surface area contributed by atoms with E-state index in [1.807, 2.05) is 20.0 Å². The van der Waals surface area contributed by atoms with Gasteiger partial charge in [-0.3, -0.25) is 0 Å². The first-order valence-corrected chi connectivity index (χ1v) is 7.82. The van der Waals surface area contributed by atoms with Crippen LogP contribution < -0.4 is 5.32 Å². The first kappa shape index (κ1) is 14.9. The SMILES string of the molecule is CNc1cc(C)nc(CSc2ccc(C(C)C)cc2)n1. The third kappa shape index (κ3) is 3.97. The highest BCUT2D eigenvalue weighted by Gasteiger charge is 2.04. The van der Waals surface area contributed by atoms with Gasteiger partial charge in [0.15, 0.2) is 0 Å². The highest BCUT2D eigenvalue weighted by Crippen LogP contribution is 2.24. The van der Waals surface area contributed by atoms with Gasteiger partial charge in [0.2, 0.25) is 0 Å². The highest BCUT2D eigenvalue weighted by molar-refractivity contribution is 7.98. The number of hydrogen-bond acceptors (Lipinski definition) is 4. The molecule has 0 aliphatic rings. The zero-order valence-corrected chi connectivity index (χ0v) is 13.3. The van der Waals surface area contributed by atoms with E-state index in [0.717, 1.165) is 23.1 Å². The topological polar surface area (TPSA) is 37.8 Å². The van der Waals surface area contributed by atoms with Crippen molar-refractivity contribution in [1.29, 1.82) is 0 Å². The molecular weight excluding hydrogens is 266 g/mol. The maximum atomic E-state index is 4.47. The van der Waals surface area contributed by atoms with Gasteiger partial charge >= 0.3 is 0 Å². The van der Waals surface area contributed by atoms with Crippen LogP contribution in [0.25, 0.3) is 0 Å². The molecule has 0 aliphatic carbocycles. The number of rotatable bonds is 5. The first-order chi connectivity index (χ1) is 9.58. The predicted octanol–water partition coefficient (Wildman–Crippen LogP) is 4.24. The fourth-order valence-electron chi connectivity index (χ4n) is 1.92. The summed E-state index contributed by atoms with van der Waals surface area (Å²) in [5.74, 6) is 3.11. The third-order valence-corrected chi connectivity index (χ3v) is 4.08. The summed E-state index contributed by atoms with van der Waals surface area (Å²) in [7, 11) is 1.88. The van der Waals surface area contributed by atoms with Crippen molar-refractivity contribution in [2.45, 2.75) is 37.3 Å². The summed E-state index contributed by atoms with van der Waals surface area (Å²) in [6.07, 6.45) is 0. The van der Waals surface area contributed by atoms with Crippen molar-refractivity contribution in [3.05, 3.63) is 47.4 Å². The Hall–Kier alpha value is -1.55. The standard InChI is InChI=1S/C16H21N3S/c1-11(2)13-5-7-14(8-6-13)20-10-16-18-12(3)9-15(17-4)19-16/h5-9,11H,10H2,1-4H3,(H,17,18,19). The fraction of sp³-hybridized carbons (Fsp3) is 0.375. The van der Waals surface area contributed by atoms with E-state index in [1.54, 1.807) is 11.8 Å². The van der Waals surface area contributed by atoms with E-state index in [-0.39, 0.29) is 0 Å². The maximum absolute atomic E-state index is 4.47. The molecule has 1 heterocycles. The van der Waals surface area contributed by atoms with E-state index in [0.29, 0.717) is 5.92 Å². The molecule has 0 atom stereocenters. The van der Waals surface area contributed by atoms with Crippen molar-refractivity contribution >= 4 is 17.6 Å². The molecule has 2 aromatic rings. The molecule has 1 aromatic heterocycles. The van der Waals surface area contributed by atoms with Crippen LogP contribution in [0.1, 0.15) is 36.8 Å². The zero-order valence-electron chi connectivity index (χ0n) is 12.5. The lowest BCUT2D eigenvalue weighted by atomic mass is 10.0. The minimum Gasteiger partial charge on any atom is -0.373 e. The van der Waals surface area contributed by atoms with Crippen molar-refractivity contribution in [3.63, 3.8) is 0 Å². The summed E-state index contributed by atoms with van der Waals surface area (Å²) in [5, 5.41) is 3.07. The Bertz CT molecular complexity index is 564. The van der Waals surface area contributed by atoms with Gasteiger partial charge in [-0.05, 0) is 30.5 Å². The number of thioether (sulfide) groups is 1. The smallest absolute Gasteiger partial charge is 0.141 e. The van der Waals surface area contributed by atoms with Crippen LogP contribution in [0, 0.1) is 6.92 Å². The first-order valence-electron chi connectivity index (χ1n) is 6.83. The molecule has 0 fully saturated rings. The Balaban J connectivity index is 2.03.